The number of phenols is 1. The van der Waals surface area contributed by atoms with Crippen molar-refractivity contribution in [3.63, 3.8) is 0 Å². The summed E-state index contributed by atoms with van der Waals surface area (Å²) in [4.78, 5) is 26.6. The maximum absolute atomic E-state index is 12.6. The topological polar surface area (TPSA) is 86.9 Å². The summed E-state index contributed by atoms with van der Waals surface area (Å²) >= 11 is 0. The molecule has 1 aliphatic rings. The van der Waals surface area contributed by atoms with Gasteiger partial charge in [-0.05, 0) is 33.0 Å². The molecule has 1 atom stereocenters. The summed E-state index contributed by atoms with van der Waals surface area (Å²) in [6.07, 6.45) is 0.836. The Morgan fingerprint density at radius 1 is 1.43 bits per heavy atom. The van der Waals surface area contributed by atoms with Crippen LogP contribution in [0.25, 0.3) is 0 Å². The highest BCUT2D eigenvalue weighted by Crippen LogP contribution is 2.30. The fourth-order valence-corrected chi connectivity index (χ4v) is 2.68. The standard InChI is InChI=1S/C14H19N3O4/c1-10-9-15(2)7-4-8-16(10)14(19)11-5-3-6-12(13(11)18)17(20)21/h3,5-6,10,18H,4,7-9H2,1-2H3. The van der Waals surface area contributed by atoms with Gasteiger partial charge >= 0.3 is 5.69 Å². The van der Waals surface area contributed by atoms with Crippen molar-refractivity contribution in [1.82, 2.24) is 9.80 Å². The lowest BCUT2D eigenvalue weighted by Gasteiger charge is -2.28. The molecule has 1 unspecified atom stereocenters. The van der Waals surface area contributed by atoms with Crippen LogP contribution in [-0.2, 0) is 0 Å². The van der Waals surface area contributed by atoms with E-state index in [1.54, 1.807) is 4.90 Å². The van der Waals surface area contributed by atoms with E-state index in [4.69, 9.17) is 0 Å². The third-order valence-corrected chi connectivity index (χ3v) is 3.75. The normalized spacial score (nSPS) is 20.1. The molecule has 1 saturated heterocycles. The van der Waals surface area contributed by atoms with E-state index in [1.807, 2.05) is 14.0 Å². The highest BCUT2D eigenvalue weighted by molar-refractivity contribution is 5.98. The van der Waals surface area contributed by atoms with Gasteiger partial charge in [-0.2, -0.15) is 0 Å². The van der Waals surface area contributed by atoms with Crippen molar-refractivity contribution >= 4 is 11.6 Å². The summed E-state index contributed by atoms with van der Waals surface area (Å²) < 4.78 is 0. The van der Waals surface area contributed by atoms with Gasteiger partial charge in [-0.3, -0.25) is 14.9 Å². The van der Waals surface area contributed by atoms with E-state index in [0.717, 1.165) is 19.5 Å². The Bertz CT molecular complexity index is 561. The molecule has 1 heterocycles. The number of nitro groups is 1. The Labute approximate surface area is 122 Å². The smallest absolute Gasteiger partial charge is 0.311 e. The van der Waals surface area contributed by atoms with Crippen molar-refractivity contribution in [2.45, 2.75) is 19.4 Å². The molecule has 114 valence electrons. The Morgan fingerprint density at radius 3 is 2.81 bits per heavy atom. The zero-order chi connectivity index (χ0) is 15.6. The van der Waals surface area contributed by atoms with Crippen LogP contribution in [-0.4, -0.2) is 58.5 Å². The van der Waals surface area contributed by atoms with Crippen molar-refractivity contribution in [1.29, 1.82) is 0 Å². The molecule has 1 N–H and O–H groups in total. The van der Waals surface area contributed by atoms with E-state index in [0.29, 0.717) is 6.54 Å². The lowest BCUT2D eigenvalue weighted by Crippen LogP contribution is -2.42. The summed E-state index contributed by atoms with van der Waals surface area (Å²) in [5, 5.41) is 20.8. The van der Waals surface area contributed by atoms with Crippen LogP contribution in [0.2, 0.25) is 0 Å². The number of phenolic OH excluding ortho intramolecular Hbond substituents is 1. The van der Waals surface area contributed by atoms with Crippen LogP contribution >= 0.6 is 0 Å². The summed E-state index contributed by atoms with van der Waals surface area (Å²) in [5.74, 6) is -0.920. The summed E-state index contributed by atoms with van der Waals surface area (Å²) in [6.45, 7) is 4.15. The molecule has 7 nitrogen and oxygen atoms in total. The maximum atomic E-state index is 12.6. The number of hydrogen-bond donors (Lipinski definition) is 1. The van der Waals surface area contributed by atoms with Gasteiger partial charge in [-0.1, -0.05) is 6.07 Å². The van der Waals surface area contributed by atoms with E-state index < -0.39 is 16.4 Å². The van der Waals surface area contributed by atoms with E-state index in [2.05, 4.69) is 4.90 Å². The van der Waals surface area contributed by atoms with E-state index >= 15 is 0 Å². The molecule has 0 spiro atoms. The predicted octanol–water partition coefficient (Wildman–Crippen LogP) is 1.47. The zero-order valence-corrected chi connectivity index (χ0v) is 12.2. The van der Waals surface area contributed by atoms with Crippen LogP contribution < -0.4 is 0 Å². The number of aromatic hydroxyl groups is 1. The third-order valence-electron chi connectivity index (χ3n) is 3.75. The van der Waals surface area contributed by atoms with E-state index in [-0.39, 0.29) is 17.5 Å². The molecule has 2 rings (SSSR count). The molecule has 0 radical (unpaired) electrons. The molecule has 7 heteroatoms. The number of nitro benzene ring substituents is 1. The third kappa shape index (κ3) is 3.13. The molecule has 0 aromatic heterocycles. The number of rotatable bonds is 2. The van der Waals surface area contributed by atoms with Crippen molar-refractivity contribution in [3.05, 3.63) is 33.9 Å². The van der Waals surface area contributed by atoms with Gasteiger partial charge in [-0.15, -0.1) is 0 Å². The van der Waals surface area contributed by atoms with Crippen molar-refractivity contribution in [3.8, 4) is 5.75 Å². The molecular weight excluding hydrogens is 274 g/mol. The maximum Gasteiger partial charge on any atom is 0.311 e. The first-order valence-electron chi connectivity index (χ1n) is 6.87. The molecule has 1 amide bonds. The second kappa shape index (κ2) is 6.09. The number of carbonyl (C=O) groups excluding carboxylic acids is 1. The SMILES string of the molecule is CC1CN(C)CCCN1C(=O)c1cccc([N+](=O)[O-])c1O. The van der Waals surface area contributed by atoms with Gasteiger partial charge in [0.05, 0.1) is 10.5 Å². The average Bonchev–Trinajstić information content (AvgIpc) is 2.58. The average molecular weight is 293 g/mol. The quantitative estimate of drug-likeness (QED) is 0.659. The molecule has 0 saturated carbocycles. The van der Waals surface area contributed by atoms with Gasteiger partial charge in [0.15, 0.2) is 0 Å². The van der Waals surface area contributed by atoms with Gasteiger partial charge < -0.3 is 14.9 Å². The van der Waals surface area contributed by atoms with Gasteiger partial charge in [-0.25, -0.2) is 0 Å². The monoisotopic (exact) mass is 293 g/mol. The summed E-state index contributed by atoms with van der Waals surface area (Å²) in [6, 6.07) is 4.01. The Balaban J connectivity index is 2.31. The second-order valence-corrected chi connectivity index (χ2v) is 5.39. The number of hydrogen-bond acceptors (Lipinski definition) is 5. The minimum atomic E-state index is -0.689. The minimum Gasteiger partial charge on any atom is -0.502 e. The molecule has 21 heavy (non-hydrogen) atoms. The number of para-hydroxylation sites is 1. The van der Waals surface area contributed by atoms with E-state index in [9.17, 15) is 20.0 Å². The van der Waals surface area contributed by atoms with Gasteiger partial charge in [0.25, 0.3) is 5.91 Å². The van der Waals surface area contributed by atoms with Crippen LogP contribution in [0.1, 0.15) is 23.7 Å². The van der Waals surface area contributed by atoms with Crippen LogP contribution in [0.15, 0.2) is 18.2 Å². The summed E-state index contributed by atoms with van der Waals surface area (Å²) in [7, 11) is 2.00. The Hall–Kier alpha value is -2.15. The van der Waals surface area contributed by atoms with Gasteiger partial charge in [0.2, 0.25) is 5.75 Å². The lowest BCUT2D eigenvalue weighted by atomic mass is 10.1. The van der Waals surface area contributed by atoms with Gasteiger partial charge in [0.1, 0.15) is 0 Å². The van der Waals surface area contributed by atoms with E-state index in [1.165, 1.54) is 18.2 Å². The fraction of sp³-hybridized carbons (Fsp3) is 0.500. The molecule has 1 fully saturated rings. The van der Waals surface area contributed by atoms with Crippen LogP contribution in [0.5, 0.6) is 5.75 Å². The predicted molar refractivity (Wildman–Crippen MR) is 77.4 cm³/mol. The number of amides is 1. The highest BCUT2D eigenvalue weighted by Gasteiger charge is 2.29. The van der Waals surface area contributed by atoms with Crippen LogP contribution in [0, 0.1) is 10.1 Å². The molecule has 1 aromatic rings. The molecule has 0 bridgehead atoms. The van der Waals surface area contributed by atoms with Crippen molar-refractivity contribution in [2.24, 2.45) is 0 Å². The van der Waals surface area contributed by atoms with Crippen LogP contribution in [0.4, 0.5) is 5.69 Å². The first-order chi connectivity index (χ1) is 9.91. The number of benzene rings is 1. The first-order valence-corrected chi connectivity index (χ1v) is 6.87. The number of likely N-dealkylation sites (N-methyl/N-ethyl adjacent to an activating group) is 1. The zero-order valence-electron chi connectivity index (χ0n) is 12.2. The number of nitrogens with zero attached hydrogens (tertiary/aromatic N) is 3. The molecule has 0 aliphatic carbocycles. The van der Waals surface area contributed by atoms with Crippen LogP contribution in [0.3, 0.4) is 0 Å². The minimum absolute atomic E-state index is 0.0105. The molecule has 1 aromatic carbocycles. The number of carbonyl (C=O) groups is 1. The second-order valence-electron chi connectivity index (χ2n) is 5.39. The molecule has 1 aliphatic heterocycles. The van der Waals surface area contributed by atoms with Gasteiger partial charge in [0, 0.05) is 25.2 Å². The molecular formula is C14H19N3O4. The Morgan fingerprint density at radius 2 is 2.14 bits per heavy atom. The highest BCUT2D eigenvalue weighted by atomic mass is 16.6. The summed E-state index contributed by atoms with van der Waals surface area (Å²) in [5.41, 5.74) is -0.457. The first kappa shape index (κ1) is 15.2. The fourth-order valence-electron chi connectivity index (χ4n) is 2.68. The Kier molecular flexibility index (Phi) is 4.42. The lowest BCUT2D eigenvalue weighted by molar-refractivity contribution is -0.385. The van der Waals surface area contributed by atoms with Crippen molar-refractivity contribution in [2.75, 3.05) is 26.7 Å². The largest absolute Gasteiger partial charge is 0.502 e. The van der Waals surface area contributed by atoms with Crippen molar-refractivity contribution < 1.29 is 14.8 Å².